The van der Waals surface area contributed by atoms with Gasteiger partial charge < -0.3 is 4.74 Å². The van der Waals surface area contributed by atoms with Gasteiger partial charge in [-0.05, 0) is 18.1 Å². The monoisotopic (exact) mass is 272 g/mol. The Morgan fingerprint density at radius 1 is 1.50 bits per heavy atom. The average molecular weight is 272 g/mol. The van der Waals surface area contributed by atoms with Crippen LogP contribution in [0.2, 0.25) is 0 Å². The minimum Gasteiger partial charge on any atom is -0.468 e. The highest BCUT2D eigenvalue weighted by molar-refractivity contribution is 7.99. The molecule has 0 N–H and O–H groups in total. The van der Waals surface area contributed by atoms with Crippen LogP contribution in [0.3, 0.4) is 0 Å². The Morgan fingerprint density at radius 3 is 2.72 bits per heavy atom. The topological polar surface area (TPSA) is 60.4 Å². The predicted octanol–water partition coefficient (Wildman–Crippen LogP) is 1.86. The van der Waals surface area contributed by atoms with E-state index in [1.807, 2.05) is 0 Å². The van der Waals surface area contributed by atoms with Crippen LogP contribution in [0.5, 0.6) is 0 Å². The van der Waals surface area contributed by atoms with Gasteiger partial charge in [-0.15, -0.1) is 0 Å². The number of carbonyl (C=O) groups is 3. The summed E-state index contributed by atoms with van der Waals surface area (Å²) in [4.78, 5) is 35.0. The molecular weight excluding hydrogens is 252 g/mol. The first kappa shape index (κ1) is 15.2. The van der Waals surface area contributed by atoms with Crippen LogP contribution < -0.4 is 0 Å². The predicted molar refractivity (Wildman–Crippen MR) is 70.5 cm³/mol. The minimum absolute atomic E-state index is 0.0566. The van der Waals surface area contributed by atoms with Crippen molar-refractivity contribution in [3.63, 3.8) is 0 Å². The van der Waals surface area contributed by atoms with E-state index < -0.39 is 11.9 Å². The molecule has 0 aromatic carbocycles. The highest BCUT2D eigenvalue weighted by atomic mass is 32.2. The Hall–Kier alpha value is -0.840. The Morgan fingerprint density at radius 2 is 2.17 bits per heavy atom. The van der Waals surface area contributed by atoms with Crippen LogP contribution >= 0.6 is 11.8 Å². The Bertz CT molecular complexity index is 340. The second-order valence-electron chi connectivity index (χ2n) is 4.65. The number of methoxy groups -OCH3 is 1. The zero-order valence-corrected chi connectivity index (χ0v) is 11.9. The lowest BCUT2D eigenvalue weighted by molar-refractivity contribution is -0.154. The standard InChI is InChI=1S/C13H20O4S/c1-4-18-8(2)5-9-6-10(14)7-11(15)12(9)13(16)17-3/h8-9,12H,4-7H2,1-3H3/t8-,9+,12+/m1/s1. The summed E-state index contributed by atoms with van der Waals surface area (Å²) in [6.07, 6.45) is 0.904. The van der Waals surface area contributed by atoms with Crippen molar-refractivity contribution in [3.05, 3.63) is 0 Å². The summed E-state index contributed by atoms with van der Waals surface area (Å²) >= 11 is 1.77. The number of ether oxygens (including phenoxy) is 1. The van der Waals surface area contributed by atoms with Crippen LogP contribution in [-0.4, -0.2) is 35.6 Å². The minimum atomic E-state index is -0.743. The number of esters is 1. The van der Waals surface area contributed by atoms with Gasteiger partial charge in [0.25, 0.3) is 0 Å². The van der Waals surface area contributed by atoms with E-state index >= 15 is 0 Å². The van der Waals surface area contributed by atoms with E-state index in [1.165, 1.54) is 7.11 Å². The Balaban J connectivity index is 2.77. The number of hydrogen-bond donors (Lipinski definition) is 0. The van der Waals surface area contributed by atoms with E-state index in [0.29, 0.717) is 18.1 Å². The van der Waals surface area contributed by atoms with Crippen LogP contribution in [-0.2, 0) is 19.1 Å². The van der Waals surface area contributed by atoms with Gasteiger partial charge in [-0.3, -0.25) is 14.4 Å². The summed E-state index contributed by atoms with van der Waals surface area (Å²) in [6.45, 7) is 4.13. The molecule has 0 saturated heterocycles. The lowest BCUT2D eigenvalue weighted by Crippen LogP contribution is -2.40. The molecule has 0 aromatic rings. The van der Waals surface area contributed by atoms with E-state index in [-0.39, 0.29) is 23.9 Å². The third-order valence-electron chi connectivity index (χ3n) is 3.22. The zero-order valence-electron chi connectivity index (χ0n) is 11.1. The van der Waals surface area contributed by atoms with E-state index in [0.717, 1.165) is 5.75 Å². The van der Waals surface area contributed by atoms with Crippen LogP contribution in [0.1, 0.15) is 33.1 Å². The smallest absolute Gasteiger partial charge is 0.316 e. The highest BCUT2D eigenvalue weighted by Crippen LogP contribution is 2.32. The number of rotatable bonds is 5. The van der Waals surface area contributed by atoms with Crippen molar-refractivity contribution in [2.24, 2.45) is 11.8 Å². The van der Waals surface area contributed by atoms with Crippen LogP contribution in [0.15, 0.2) is 0 Å². The van der Waals surface area contributed by atoms with Crippen molar-refractivity contribution in [2.45, 2.75) is 38.4 Å². The van der Waals surface area contributed by atoms with Crippen molar-refractivity contribution in [1.82, 2.24) is 0 Å². The molecule has 0 bridgehead atoms. The van der Waals surface area contributed by atoms with Gasteiger partial charge in [0, 0.05) is 11.7 Å². The molecule has 0 aromatic heterocycles. The quantitative estimate of drug-likeness (QED) is 0.564. The van der Waals surface area contributed by atoms with Gasteiger partial charge in [0.15, 0.2) is 5.78 Å². The maximum absolute atomic E-state index is 11.8. The van der Waals surface area contributed by atoms with Gasteiger partial charge >= 0.3 is 5.97 Å². The van der Waals surface area contributed by atoms with Gasteiger partial charge in [0.05, 0.1) is 13.5 Å². The molecule has 0 spiro atoms. The van der Waals surface area contributed by atoms with Gasteiger partial charge in [-0.2, -0.15) is 11.8 Å². The first-order valence-corrected chi connectivity index (χ1v) is 7.28. The van der Waals surface area contributed by atoms with Crippen molar-refractivity contribution < 1.29 is 19.1 Å². The molecule has 18 heavy (non-hydrogen) atoms. The van der Waals surface area contributed by atoms with Crippen molar-refractivity contribution in [3.8, 4) is 0 Å². The van der Waals surface area contributed by atoms with Gasteiger partial charge in [-0.25, -0.2) is 0 Å². The van der Waals surface area contributed by atoms with Gasteiger partial charge in [-0.1, -0.05) is 13.8 Å². The molecule has 0 heterocycles. The number of thioether (sulfide) groups is 1. The maximum Gasteiger partial charge on any atom is 0.316 e. The normalized spacial score (nSPS) is 25.9. The van der Waals surface area contributed by atoms with E-state index in [4.69, 9.17) is 0 Å². The molecule has 1 saturated carbocycles. The molecule has 1 fully saturated rings. The fraction of sp³-hybridized carbons (Fsp3) is 0.769. The van der Waals surface area contributed by atoms with Crippen LogP contribution in [0.4, 0.5) is 0 Å². The fourth-order valence-corrected chi connectivity index (χ4v) is 3.45. The van der Waals surface area contributed by atoms with Gasteiger partial charge in [0.2, 0.25) is 0 Å². The summed E-state index contributed by atoms with van der Waals surface area (Å²) in [5, 5.41) is 0.339. The van der Waals surface area contributed by atoms with Crippen molar-refractivity contribution in [2.75, 3.05) is 12.9 Å². The Kier molecular flexibility index (Phi) is 5.85. The number of Topliss-reactive ketones (excluding diaryl/α,β-unsaturated/α-hetero) is 2. The lowest BCUT2D eigenvalue weighted by atomic mass is 9.75. The zero-order chi connectivity index (χ0) is 13.7. The van der Waals surface area contributed by atoms with Crippen LogP contribution in [0, 0.1) is 11.8 Å². The third-order valence-corrected chi connectivity index (χ3v) is 4.32. The second kappa shape index (κ2) is 6.92. The molecule has 3 atom stereocenters. The molecule has 1 rings (SSSR count). The van der Waals surface area contributed by atoms with Gasteiger partial charge in [0.1, 0.15) is 11.7 Å². The lowest BCUT2D eigenvalue weighted by Gasteiger charge is -2.29. The fourth-order valence-electron chi connectivity index (χ4n) is 2.50. The summed E-state index contributed by atoms with van der Waals surface area (Å²) < 4.78 is 4.69. The largest absolute Gasteiger partial charge is 0.468 e. The molecule has 1 aliphatic carbocycles. The van der Waals surface area contributed by atoms with E-state index in [1.54, 1.807) is 11.8 Å². The van der Waals surface area contributed by atoms with Crippen LogP contribution in [0.25, 0.3) is 0 Å². The summed E-state index contributed by atoms with van der Waals surface area (Å²) in [7, 11) is 1.29. The average Bonchev–Trinajstić information content (AvgIpc) is 2.27. The third kappa shape index (κ3) is 3.83. The molecule has 4 nitrogen and oxygen atoms in total. The number of ketones is 2. The second-order valence-corrected chi connectivity index (χ2v) is 6.36. The number of hydrogen-bond acceptors (Lipinski definition) is 5. The molecule has 0 aliphatic heterocycles. The molecule has 0 amide bonds. The first-order valence-electron chi connectivity index (χ1n) is 6.23. The van der Waals surface area contributed by atoms with Crippen molar-refractivity contribution in [1.29, 1.82) is 0 Å². The maximum atomic E-state index is 11.8. The highest BCUT2D eigenvalue weighted by Gasteiger charge is 2.41. The summed E-state index contributed by atoms with van der Waals surface area (Å²) in [6, 6.07) is 0. The van der Waals surface area contributed by atoms with Crippen molar-refractivity contribution >= 4 is 29.3 Å². The molecule has 0 unspecified atom stereocenters. The number of carbonyl (C=O) groups excluding carboxylic acids is 3. The summed E-state index contributed by atoms with van der Waals surface area (Å²) in [5.41, 5.74) is 0. The molecular formula is C13H20O4S. The molecule has 1 aliphatic rings. The summed E-state index contributed by atoms with van der Waals surface area (Å²) in [5.74, 6) is -0.784. The molecule has 5 heteroatoms. The van der Waals surface area contributed by atoms with E-state index in [9.17, 15) is 14.4 Å². The van der Waals surface area contributed by atoms with E-state index in [2.05, 4.69) is 18.6 Å². The molecule has 0 radical (unpaired) electrons. The molecule has 102 valence electrons. The SMILES string of the molecule is CCS[C@H](C)C[C@H]1CC(=O)CC(=O)[C@H]1C(=O)OC. The Labute approximate surface area is 112 Å². The first-order chi connectivity index (χ1) is 8.49.